The van der Waals surface area contributed by atoms with Crippen LogP contribution in [0.3, 0.4) is 0 Å². The molecule has 1 aliphatic heterocycles. The van der Waals surface area contributed by atoms with Gasteiger partial charge in [-0.1, -0.05) is 23.7 Å². The fourth-order valence-corrected chi connectivity index (χ4v) is 4.24. The third-order valence-electron chi connectivity index (χ3n) is 4.02. The second-order valence-electron chi connectivity index (χ2n) is 5.75. The van der Waals surface area contributed by atoms with Gasteiger partial charge in [0.1, 0.15) is 11.5 Å². The van der Waals surface area contributed by atoms with Crippen LogP contribution in [0.15, 0.2) is 53.4 Å². The van der Waals surface area contributed by atoms with Crippen LogP contribution in [0.1, 0.15) is 12.8 Å². The Morgan fingerprint density at radius 1 is 1.04 bits per heavy atom. The van der Waals surface area contributed by atoms with Gasteiger partial charge in [-0.05, 0) is 49.2 Å². The number of ether oxygens (including phenoxy) is 1. The summed E-state index contributed by atoms with van der Waals surface area (Å²) < 4.78 is 32.4. The molecule has 0 aromatic heterocycles. The highest BCUT2D eigenvalue weighted by molar-refractivity contribution is 7.89. The van der Waals surface area contributed by atoms with Crippen LogP contribution in [0.4, 0.5) is 0 Å². The number of halogens is 1. The molecule has 0 saturated carbocycles. The molecule has 0 radical (unpaired) electrons. The quantitative estimate of drug-likeness (QED) is 0.901. The summed E-state index contributed by atoms with van der Waals surface area (Å²) in [4.78, 5) is 0.254. The second-order valence-corrected chi connectivity index (χ2v) is 8.09. The molecule has 1 saturated heterocycles. The summed E-state index contributed by atoms with van der Waals surface area (Å²) in [6.07, 6.45) is 1.37. The molecular formula is C17H19ClN2O3S. The van der Waals surface area contributed by atoms with Gasteiger partial charge in [0.05, 0.1) is 9.92 Å². The number of hydrogen-bond acceptors (Lipinski definition) is 4. The standard InChI is InChI=1S/C17H19ClN2O3S/c18-16-3-1-2-4-17(16)23-14-5-7-15(8-6-14)24(21,22)20-11-9-13(19)10-12-20/h1-8,13H,9-12,19H2. The monoisotopic (exact) mass is 366 g/mol. The zero-order valence-electron chi connectivity index (χ0n) is 13.1. The smallest absolute Gasteiger partial charge is 0.243 e. The van der Waals surface area contributed by atoms with Crippen molar-refractivity contribution in [2.45, 2.75) is 23.8 Å². The predicted octanol–water partition coefficient (Wildman–Crippen LogP) is 3.24. The number of sulfonamides is 1. The van der Waals surface area contributed by atoms with Crippen molar-refractivity contribution in [3.8, 4) is 11.5 Å². The van der Waals surface area contributed by atoms with Crippen molar-refractivity contribution in [1.82, 2.24) is 4.31 Å². The van der Waals surface area contributed by atoms with Crippen molar-refractivity contribution < 1.29 is 13.2 Å². The normalized spacial score (nSPS) is 16.9. The number of benzene rings is 2. The molecule has 0 atom stereocenters. The summed E-state index contributed by atoms with van der Waals surface area (Å²) in [5.74, 6) is 1.06. The molecule has 128 valence electrons. The van der Waals surface area contributed by atoms with Gasteiger partial charge in [-0.2, -0.15) is 4.31 Å². The first-order valence-electron chi connectivity index (χ1n) is 7.75. The van der Waals surface area contributed by atoms with Gasteiger partial charge in [-0.25, -0.2) is 8.42 Å². The summed E-state index contributed by atoms with van der Waals surface area (Å²) in [7, 11) is -3.49. The minimum Gasteiger partial charge on any atom is -0.456 e. The lowest BCUT2D eigenvalue weighted by atomic mass is 10.1. The first kappa shape index (κ1) is 17.2. The minimum atomic E-state index is -3.49. The van der Waals surface area contributed by atoms with Crippen LogP contribution in [-0.2, 0) is 10.0 Å². The third kappa shape index (κ3) is 3.72. The van der Waals surface area contributed by atoms with Crippen LogP contribution >= 0.6 is 11.6 Å². The van der Waals surface area contributed by atoms with Crippen molar-refractivity contribution in [2.75, 3.05) is 13.1 Å². The van der Waals surface area contributed by atoms with E-state index in [2.05, 4.69) is 0 Å². The van der Waals surface area contributed by atoms with Crippen molar-refractivity contribution in [1.29, 1.82) is 0 Å². The lowest BCUT2D eigenvalue weighted by molar-refractivity contribution is 0.320. The molecule has 1 fully saturated rings. The van der Waals surface area contributed by atoms with Crippen LogP contribution < -0.4 is 10.5 Å². The first-order chi connectivity index (χ1) is 11.5. The molecule has 1 heterocycles. The van der Waals surface area contributed by atoms with E-state index in [1.54, 1.807) is 36.4 Å². The van der Waals surface area contributed by atoms with Gasteiger partial charge in [0.25, 0.3) is 0 Å². The van der Waals surface area contributed by atoms with Crippen molar-refractivity contribution in [2.24, 2.45) is 5.73 Å². The number of nitrogens with two attached hydrogens (primary N) is 1. The number of para-hydroxylation sites is 1. The molecule has 1 aliphatic rings. The maximum atomic E-state index is 12.6. The van der Waals surface area contributed by atoms with E-state index < -0.39 is 10.0 Å². The van der Waals surface area contributed by atoms with Gasteiger partial charge < -0.3 is 10.5 Å². The van der Waals surface area contributed by atoms with Crippen molar-refractivity contribution >= 4 is 21.6 Å². The van der Waals surface area contributed by atoms with Crippen LogP contribution in [-0.4, -0.2) is 31.9 Å². The van der Waals surface area contributed by atoms with Gasteiger partial charge in [-0.3, -0.25) is 0 Å². The largest absolute Gasteiger partial charge is 0.456 e. The second kappa shape index (κ2) is 7.11. The van der Waals surface area contributed by atoms with E-state index in [1.165, 1.54) is 4.31 Å². The van der Waals surface area contributed by atoms with E-state index in [-0.39, 0.29) is 10.9 Å². The highest BCUT2D eigenvalue weighted by atomic mass is 35.5. The fourth-order valence-electron chi connectivity index (χ4n) is 2.60. The topological polar surface area (TPSA) is 72.6 Å². The van der Waals surface area contributed by atoms with E-state index in [9.17, 15) is 8.42 Å². The van der Waals surface area contributed by atoms with E-state index in [4.69, 9.17) is 22.1 Å². The van der Waals surface area contributed by atoms with Gasteiger partial charge in [0, 0.05) is 19.1 Å². The van der Waals surface area contributed by atoms with E-state index in [0.29, 0.717) is 42.5 Å². The maximum Gasteiger partial charge on any atom is 0.243 e. The Labute approximate surface area is 147 Å². The highest BCUT2D eigenvalue weighted by Crippen LogP contribution is 2.30. The van der Waals surface area contributed by atoms with Crippen LogP contribution in [0.5, 0.6) is 11.5 Å². The fraction of sp³-hybridized carbons (Fsp3) is 0.294. The summed E-state index contributed by atoms with van der Waals surface area (Å²) in [5, 5.41) is 0.499. The molecule has 0 amide bonds. The Morgan fingerprint density at radius 3 is 2.29 bits per heavy atom. The number of nitrogens with zero attached hydrogens (tertiary/aromatic N) is 1. The SMILES string of the molecule is NC1CCN(S(=O)(=O)c2ccc(Oc3ccccc3Cl)cc2)CC1. The Bertz CT molecular complexity index is 801. The molecule has 0 spiro atoms. The lowest BCUT2D eigenvalue weighted by Crippen LogP contribution is -2.42. The van der Waals surface area contributed by atoms with Gasteiger partial charge >= 0.3 is 0 Å². The molecule has 5 nitrogen and oxygen atoms in total. The Kier molecular flexibility index (Phi) is 5.10. The summed E-state index contributed by atoms with van der Waals surface area (Å²) >= 11 is 6.05. The van der Waals surface area contributed by atoms with Gasteiger partial charge in [0.15, 0.2) is 0 Å². The maximum absolute atomic E-state index is 12.6. The molecule has 3 rings (SSSR count). The Hall–Kier alpha value is -1.60. The van der Waals surface area contributed by atoms with Crippen molar-refractivity contribution in [3.63, 3.8) is 0 Å². The average Bonchev–Trinajstić information content (AvgIpc) is 2.58. The summed E-state index contributed by atoms with van der Waals surface area (Å²) in [5.41, 5.74) is 5.84. The van der Waals surface area contributed by atoms with Crippen LogP contribution in [0.25, 0.3) is 0 Å². The van der Waals surface area contributed by atoms with E-state index in [1.807, 2.05) is 12.1 Å². The summed E-state index contributed by atoms with van der Waals surface area (Å²) in [6.45, 7) is 0.919. The molecule has 2 aromatic carbocycles. The number of hydrogen-bond donors (Lipinski definition) is 1. The van der Waals surface area contributed by atoms with Gasteiger partial charge in [0.2, 0.25) is 10.0 Å². The molecule has 24 heavy (non-hydrogen) atoms. The van der Waals surface area contributed by atoms with Crippen molar-refractivity contribution in [3.05, 3.63) is 53.6 Å². The Balaban J connectivity index is 1.75. The molecule has 0 unspecified atom stereocenters. The molecule has 0 bridgehead atoms. The highest BCUT2D eigenvalue weighted by Gasteiger charge is 2.28. The Morgan fingerprint density at radius 2 is 1.67 bits per heavy atom. The van der Waals surface area contributed by atoms with Crippen LogP contribution in [0.2, 0.25) is 5.02 Å². The summed E-state index contributed by atoms with van der Waals surface area (Å²) in [6, 6.07) is 13.6. The molecular weight excluding hydrogens is 348 g/mol. The average molecular weight is 367 g/mol. The predicted molar refractivity (Wildman–Crippen MR) is 93.9 cm³/mol. The number of piperidine rings is 1. The lowest BCUT2D eigenvalue weighted by Gasteiger charge is -2.29. The third-order valence-corrected chi connectivity index (χ3v) is 6.25. The zero-order valence-corrected chi connectivity index (χ0v) is 14.6. The molecule has 0 aliphatic carbocycles. The van der Waals surface area contributed by atoms with E-state index >= 15 is 0 Å². The molecule has 7 heteroatoms. The van der Waals surface area contributed by atoms with Crippen LogP contribution in [0, 0.1) is 0 Å². The number of rotatable bonds is 4. The first-order valence-corrected chi connectivity index (χ1v) is 9.57. The van der Waals surface area contributed by atoms with Gasteiger partial charge in [-0.15, -0.1) is 0 Å². The molecule has 2 aromatic rings. The van der Waals surface area contributed by atoms with E-state index in [0.717, 1.165) is 0 Å². The molecule has 2 N–H and O–H groups in total. The minimum absolute atomic E-state index is 0.0860. The zero-order chi connectivity index (χ0) is 17.2.